The molecule has 3 heteroatoms. The van der Waals surface area contributed by atoms with Gasteiger partial charge in [-0.05, 0) is 59.7 Å². The van der Waals surface area contributed by atoms with E-state index in [0.717, 1.165) is 17.7 Å². The van der Waals surface area contributed by atoms with Crippen molar-refractivity contribution in [2.45, 2.75) is 33.1 Å². The number of hydrogen-bond donors (Lipinski definition) is 0. The molecule has 2 nitrogen and oxygen atoms in total. The summed E-state index contributed by atoms with van der Waals surface area (Å²) in [6.07, 6.45) is 3.35. The van der Waals surface area contributed by atoms with E-state index in [9.17, 15) is 4.79 Å². The number of hydrogen-bond acceptors (Lipinski definition) is 1. The topological polar surface area (TPSA) is 20.3 Å². The second-order valence-electron chi connectivity index (χ2n) is 7.89. The normalized spacial score (nSPS) is 14.9. The van der Waals surface area contributed by atoms with E-state index in [1.807, 2.05) is 17.0 Å². The molecule has 3 aromatic carbocycles. The van der Waals surface area contributed by atoms with Crippen molar-refractivity contribution >= 4 is 29.6 Å². The van der Waals surface area contributed by atoms with Crippen LogP contribution in [0.4, 0.5) is 5.69 Å². The number of benzene rings is 3. The van der Waals surface area contributed by atoms with E-state index in [1.165, 1.54) is 27.8 Å². The van der Waals surface area contributed by atoms with Crippen LogP contribution in [0.2, 0.25) is 0 Å². The van der Waals surface area contributed by atoms with Gasteiger partial charge in [0.05, 0.1) is 6.54 Å². The molecule has 0 aromatic heterocycles. The maximum atomic E-state index is 12.6. The summed E-state index contributed by atoms with van der Waals surface area (Å²) in [6.45, 7) is 6.43. The third-order valence-corrected chi connectivity index (χ3v) is 6.01. The minimum atomic E-state index is 0. The first kappa shape index (κ1) is 21.9. The van der Waals surface area contributed by atoms with Crippen LogP contribution in [-0.2, 0) is 11.2 Å². The lowest BCUT2D eigenvalue weighted by molar-refractivity contribution is -0.116. The van der Waals surface area contributed by atoms with Gasteiger partial charge >= 0.3 is 0 Å². The fraction of sp³-hybridized carbons (Fsp3) is 0.222. The number of allylic oxidation sites excluding steroid dienone is 1. The maximum absolute atomic E-state index is 12.6. The molecule has 0 radical (unpaired) electrons. The third-order valence-electron chi connectivity index (χ3n) is 6.01. The number of amides is 1. The van der Waals surface area contributed by atoms with Crippen LogP contribution in [0.5, 0.6) is 0 Å². The minimum absolute atomic E-state index is 0. The number of carbonyl (C=O) groups excluding carboxylic acids is 1. The molecule has 1 aliphatic rings. The predicted molar refractivity (Wildman–Crippen MR) is 128 cm³/mol. The Morgan fingerprint density at radius 3 is 2.37 bits per heavy atom. The highest BCUT2D eigenvalue weighted by molar-refractivity contribution is 5.95. The van der Waals surface area contributed by atoms with Gasteiger partial charge in [0.2, 0.25) is 5.91 Å². The van der Waals surface area contributed by atoms with Gasteiger partial charge in [0.1, 0.15) is 0 Å². The van der Waals surface area contributed by atoms with Crippen molar-refractivity contribution in [3.63, 3.8) is 0 Å². The highest BCUT2D eigenvalue weighted by atomic mass is 35.5. The van der Waals surface area contributed by atoms with Crippen LogP contribution in [0.3, 0.4) is 0 Å². The maximum Gasteiger partial charge on any atom is 0.224 e. The molecule has 0 saturated heterocycles. The quantitative estimate of drug-likeness (QED) is 0.474. The molecule has 0 heterocycles. The van der Waals surface area contributed by atoms with Crippen molar-refractivity contribution in [1.29, 1.82) is 0 Å². The SMILES string of the molecule is CC(=O)N(CC1=CC(c2ccccc2)Cc2ccccc21)c1cccc(C)c1C.Cl. The lowest BCUT2D eigenvalue weighted by Gasteiger charge is -2.30. The first-order valence-corrected chi connectivity index (χ1v) is 10.2. The van der Waals surface area contributed by atoms with E-state index in [0.29, 0.717) is 12.5 Å². The molecule has 1 atom stereocenters. The standard InChI is InChI=1S/C27H27NO.ClH/c1-19-10-9-15-27(20(19)2)28(21(3)29)18-25-17-24(22-11-5-4-6-12-22)16-23-13-7-8-14-26(23)25;/h4-15,17,24H,16,18H2,1-3H3;1H. The number of carbonyl (C=O) groups is 1. The Labute approximate surface area is 185 Å². The molecule has 3 aromatic rings. The van der Waals surface area contributed by atoms with Crippen molar-refractivity contribution in [1.82, 2.24) is 0 Å². The largest absolute Gasteiger partial charge is 0.308 e. The molecule has 1 amide bonds. The van der Waals surface area contributed by atoms with Crippen LogP contribution >= 0.6 is 12.4 Å². The van der Waals surface area contributed by atoms with Gasteiger partial charge in [0.25, 0.3) is 0 Å². The Morgan fingerprint density at radius 1 is 0.933 bits per heavy atom. The van der Waals surface area contributed by atoms with E-state index < -0.39 is 0 Å². The second kappa shape index (κ2) is 9.32. The minimum Gasteiger partial charge on any atom is -0.308 e. The van der Waals surface area contributed by atoms with Crippen LogP contribution in [0.15, 0.2) is 78.9 Å². The summed E-state index contributed by atoms with van der Waals surface area (Å²) in [5, 5.41) is 0. The van der Waals surface area contributed by atoms with Crippen molar-refractivity contribution in [3.8, 4) is 0 Å². The van der Waals surface area contributed by atoms with Crippen molar-refractivity contribution in [3.05, 3.63) is 107 Å². The van der Waals surface area contributed by atoms with Gasteiger partial charge in [-0.25, -0.2) is 0 Å². The molecule has 0 bridgehead atoms. The zero-order valence-corrected chi connectivity index (χ0v) is 18.6. The fourth-order valence-electron chi connectivity index (χ4n) is 4.26. The highest BCUT2D eigenvalue weighted by Gasteiger charge is 2.24. The number of halogens is 1. The van der Waals surface area contributed by atoms with Crippen LogP contribution < -0.4 is 4.90 Å². The molecule has 4 rings (SSSR count). The molecule has 1 unspecified atom stereocenters. The molecular formula is C27H28ClNO. The summed E-state index contributed by atoms with van der Waals surface area (Å²) in [4.78, 5) is 14.6. The highest BCUT2D eigenvalue weighted by Crippen LogP contribution is 2.36. The molecule has 154 valence electrons. The summed E-state index contributed by atoms with van der Waals surface area (Å²) in [5.41, 5.74) is 8.51. The van der Waals surface area contributed by atoms with Crippen molar-refractivity contribution < 1.29 is 4.79 Å². The first-order chi connectivity index (χ1) is 14.0. The smallest absolute Gasteiger partial charge is 0.224 e. The van der Waals surface area contributed by atoms with E-state index in [1.54, 1.807) is 6.92 Å². The molecule has 0 spiro atoms. The summed E-state index contributed by atoms with van der Waals surface area (Å²) in [5.74, 6) is 0.396. The van der Waals surface area contributed by atoms with Gasteiger partial charge in [0.15, 0.2) is 0 Å². The summed E-state index contributed by atoms with van der Waals surface area (Å²) in [6, 6.07) is 25.4. The predicted octanol–water partition coefficient (Wildman–Crippen LogP) is 6.50. The van der Waals surface area contributed by atoms with Crippen LogP contribution in [0.1, 0.15) is 40.7 Å². The van der Waals surface area contributed by atoms with E-state index in [-0.39, 0.29) is 18.3 Å². The number of anilines is 1. The Balaban J connectivity index is 0.00000256. The molecule has 0 saturated carbocycles. The number of nitrogens with zero attached hydrogens (tertiary/aromatic N) is 1. The zero-order valence-electron chi connectivity index (χ0n) is 17.8. The van der Waals surface area contributed by atoms with Gasteiger partial charge < -0.3 is 4.90 Å². The van der Waals surface area contributed by atoms with Crippen LogP contribution in [0.25, 0.3) is 5.57 Å². The summed E-state index contributed by atoms with van der Waals surface area (Å²) >= 11 is 0. The van der Waals surface area contributed by atoms with Crippen molar-refractivity contribution in [2.24, 2.45) is 0 Å². The van der Waals surface area contributed by atoms with Gasteiger partial charge in [0, 0.05) is 18.5 Å². The van der Waals surface area contributed by atoms with E-state index in [2.05, 4.69) is 80.6 Å². The number of fused-ring (bicyclic) bond motifs is 1. The Kier molecular flexibility index (Phi) is 6.79. The van der Waals surface area contributed by atoms with E-state index >= 15 is 0 Å². The number of aryl methyl sites for hydroxylation is 1. The first-order valence-electron chi connectivity index (χ1n) is 10.2. The number of rotatable bonds is 4. The molecule has 0 aliphatic heterocycles. The molecule has 30 heavy (non-hydrogen) atoms. The average Bonchev–Trinajstić information content (AvgIpc) is 2.74. The summed E-state index contributed by atoms with van der Waals surface area (Å²) in [7, 11) is 0. The van der Waals surface area contributed by atoms with Crippen molar-refractivity contribution in [2.75, 3.05) is 11.4 Å². The van der Waals surface area contributed by atoms with Gasteiger partial charge in [-0.1, -0.05) is 72.8 Å². The third kappa shape index (κ3) is 4.34. The van der Waals surface area contributed by atoms with Gasteiger partial charge in [-0.15, -0.1) is 12.4 Å². The van der Waals surface area contributed by atoms with Gasteiger partial charge in [-0.3, -0.25) is 4.79 Å². The lowest BCUT2D eigenvalue weighted by Crippen LogP contribution is -2.32. The Morgan fingerprint density at radius 2 is 1.63 bits per heavy atom. The van der Waals surface area contributed by atoms with Gasteiger partial charge in [-0.2, -0.15) is 0 Å². The van der Waals surface area contributed by atoms with Crippen LogP contribution in [0, 0.1) is 13.8 Å². The molecule has 0 N–H and O–H groups in total. The summed E-state index contributed by atoms with van der Waals surface area (Å²) < 4.78 is 0. The van der Waals surface area contributed by atoms with Crippen LogP contribution in [-0.4, -0.2) is 12.5 Å². The monoisotopic (exact) mass is 417 g/mol. The van der Waals surface area contributed by atoms with E-state index in [4.69, 9.17) is 0 Å². The molecular weight excluding hydrogens is 390 g/mol. The molecule has 0 fully saturated rings. The fourth-order valence-corrected chi connectivity index (χ4v) is 4.26. The second-order valence-corrected chi connectivity index (χ2v) is 7.89. The Bertz CT molecular complexity index is 1070. The lowest BCUT2D eigenvalue weighted by atomic mass is 9.81. The molecule has 1 aliphatic carbocycles. The Hall–Kier alpha value is -2.84. The average molecular weight is 418 g/mol. The zero-order chi connectivity index (χ0) is 20.4.